The second-order valence-corrected chi connectivity index (χ2v) is 3.36. The summed E-state index contributed by atoms with van der Waals surface area (Å²) in [5.41, 5.74) is 5.33. The molecule has 0 saturated carbocycles. The summed E-state index contributed by atoms with van der Waals surface area (Å²) in [5.74, 6) is -1.78. The van der Waals surface area contributed by atoms with Gasteiger partial charge in [0.15, 0.2) is 6.04 Å². The molecule has 2 amide bonds. The first-order chi connectivity index (χ1) is 7.93. The highest BCUT2D eigenvalue weighted by molar-refractivity contribution is 6.02. The molecule has 0 aromatic rings. The van der Waals surface area contributed by atoms with Crippen LogP contribution in [0.4, 0.5) is 0 Å². The van der Waals surface area contributed by atoms with Gasteiger partial charge in [-0.2, -0.15) is 0 Å². The summed E-state index contributed by atoms with van der Waals surface area (Å²) in [5, 5.41) is 2.28. The van der Waals surface area contributed by atoms with Gasteiger partial charge in [0.2, 0.25) is 11.8 Å². The molecule has 1 atom stereocenters. The lowest BCUT2D eigenvalue weighted by atomic mass is 10.3. The van der Waals surface area contributed by atoms with Crippen molar-refractivity contribution in [2.24, 2.45) is 5.73 Å². The first-order valence-electron chi connectivity index (χ1n) is 5.37. The summed E-state index contributed by atoms with van der Waals surface area (Å²) >= 11 is 0. The first-order valence-corrected chi connectivity index (χ1v) is 5.37. The Bertz CT molecular complexity index is 293. The Morgan fingerprint density at radius 3 is 2.41 bits per heavy atom. The fourth-order valence-corrected chi connectivity index (χ4v) is 0.923. The number of amides is 2. The number of nitrogens with zero attached hydrogens (tertiary/aromatic N) is 1. The number of hydrogen-bond donors (Lipinski definition) is 2. The van der Waals surface area contributed by atoms with E-state index in [1.807, 2.05) is 6.92 Å². The van der Waals surface area contributed by atoms with Crippen molar-refractivity contribution >= 4 is 17.8 Å². The van der Waals surface area contributed by atoms with Gasteiger partial charge < -0.3 is 20.7 Å². The third kappa shape index (κ3) is 5.30. The molecule has 3 N–H and O–H groups in total. The Balaban J connectivity index is 4.10. The first kappa shape index (κ1) is 15.4. The second-order valence-electron chi connectivity index (χ2n) is 3.36. The van der Waals surface area contributed by atoms with E-state index in [-0.39, 0.29) is 19.1 Å². The van der Waals surface area contributed by atoms with Gasteiger partial charge in [-0.05, 0) is 13.8 Å². The molecule has 0 aliphatic heterocycles. The molecule has 17 heavy (non-hydrogen) atoms. The average molecular weight is 245 g/mol. The molecule has 7 heteroatoms. The predicted molar refractivity (Wildman–Crippen MR) is 60.9 cm³/mol. The van der Waals surface area contributed by atoms with E-state index in [9.17, 15) is 14.4 Å². The third-order valence-corrected chi connectivity index (χ3v) is 2.14. The van der Waals surface area contributed by atoms with Gasteiger partial charge in [0.05, 0.1) is 13.2 Å². The zero-order valence-electron chi connectivity index (χ0n) is 10.4. The zero-order chi connectivity index (χ0) is 13.4. The average Bonchev–Trinajstić information content (AvgIpc) is 2.33. The Morgan fingerprint density at radius 2 is 1.94 bits per heavy atom. The van der Waals surface area contributed by atoms with E-state index in [0.717, 1.165) is 0 Å². The molecule has 0 aliphatic carbocycles. The maximum Gasteiger partial charge on any atom is 0.332 e. The number of esters is 1. The van der Waals surface area contributed by atoms with Crippen molar-refractivity contribution in [3.05, 3.63) is 0 Å². The normalized spacial score (nSPS) is 11.5. The molecule has 1 unspecified atom stereocenters. The van der Waals surface area contributed by atoms with E-state index in [4.69, 9.17) is 5.73 Å². The van der Waals surface area contributed by atoms with E-state index in [0.29, 0.717) is 6.54 Å². The molecule has 0 aromatic heterocycles. The quantitative estimate of drug-likeness (QED) is 0.437. The van der Waals surface area contributed by atoms with Gasteiger partial charge in [-0.15, -0.1) is 0 Å². The van der Waals surface area contributed by atoms with Crippen LogP contribution in [0, 0.1) is 0 Å². The molecular weight excluding hydrogens is 226 g/mol. The number of nitrogens with one attached hydrogen (secondary N) is 1. The summed E-state index contributed by atoms with van der Waals surface area (Å²) in [6.45, 7) is 3.93. The van der Waals surface area contributed by atoms with E-state index >= 15 is 0 Å². The molecule has 0 aromatic carbocycles. The summed E-state index contributed by atoms with van der Waals surface area (Å²) in [7, 11) is 1.61. The van der Waals surface area contributed by atoms with Crippen LogP contribution in [0.2, 0.25) is 0 Å². The van der Waals surface area contributed by atoms with Crippen molar-refractivity contribution in [3.63, 3.8) is 0 Å². The van der Waals surface area contributed by atoms with Gasteiger partial charge in [0, 0.05) is 13.6 Å². The van der Waals surface area contributed by atoms with Gasteiger partial charge in [0.1, 0.15) is 0 Å². The number of hydrogen-bond acceptors (Lipinski definition) is 5. The van der Waals surface area contributed by atoms with Crippen LogP contribution in [0.5, 0.6) is 0 Å². The van der Waals surface area contributed by atoms with E-state index < -0.39 is 17.9 Å². The molecule has 98 valence electrons. The van der Waals surface area contributed by atoms with Crippen LogP contribution in [0.15, 0.2) is 0 Å². The van der Waals surface area contributed by atoms with Crippen LogP contribution in [0.1, 0.15) is 13.8 Å². The zero-order valence-corrected chi connectivity index (χ0v) is 10.4. The molecule has 0 fully saturated rings. The maximum atomic E-state index is 11.4. The smallest absolute Gasteiger partial charge is 0.332 e. The Labute approximate surface area is 100 Å². The van der Waals surface area contributed by atoms with Crippen molar-refractivity contribution in [2.75, 3.05) is 26.7 Å². The van der Waals surface area contributed by atoms with Gasteiger partial charge in [-0.25, -0.2) is 4.79 Å². The predicted octanol–water partition coefficient (Wildman–Crippen LogP) is -1.53. The fraction of sp³-hybridized carbons (Fsp3) is 0.700. The molecule has 0 bridgehead atoms. The van der Waals surface area contributed by atoms with E-state index in [1.165, 1.54) is 4.90 Å². The highest BCUT2D eigenvalue weighted by Crippen LogP contribution is 1.87. The van der Waals surface area contributed by atoms with E-state index in [2.05, 4.69) is 10.1 Å². The third-order valence-electron chi connectivity index (χ3n) is 2.14. The minimum Gasteiger partial charge on any atom is -0.464 e. The monoisotopic (exact) mass is 245 g/mol. The van der Waals surface area contributed by atoms with Crippen LogP contribution in [-0.2, 0) is 19.1 Å². The topological polar surface area (TPSA) is 102 Å². The molecule has 0 radical (unpaired) electrons. The minimum absolute atomic E-state index is 0.150. The van der Waals surface area contributed by atoms with Crippen molar-refractivity contribution < 1.29 is 19.1 Å². The maximum absolute atomic E-state index is 11.4. The molecule has 0 saturated heterocycles. The number of rotatable bonds is 6. The molecule has 0 aliphatic rings. The molecule has 0 spiro atoms. The van der Waals surface area contributed by atoms with Crippen molar-refractivity contribution in [2.45, 2.75) is 19.9 Å². The molecule has 0 rings (SSSR count). The lowest BCUT2D eigenvalue weighted by Crippen LogP contribution is -2.49. The number of likely N-dealkylation sites (N-methyl/N-ethyl adjacent to an activating group) is 1. The molecule has 0 heterocycles. The van der Waals surface area contributed by atoms with Crippen molar-refractivity contribution in [1.29, 1.82) is 0 Å². The SMILES string of the molecule is CCOC(=O)C(N)C(=O)NCC(=O)N(C)CC. The Morgan fingerprint density at radius 1 is 1.35 bits per heavy atom. The van der Waals surface area contributed by atoms with Gasteiger partial charge in [-0.1, -0.05) is 0 Å². The van der Waals surface area contributed by atoms with Gasteiger partial charge >= 0.3 is 5.97 Å². The van der Waals surface area contributed by atoms with Gasteiger partial charge in [-0.3, -0.25) is 9.59 Å². The second kappa shape index (κ2) is 7.61. The molecule has 7 nitrogen and oxygen atoms in total. The highest BCUT2D eigenvalue weighted by Gasteiger charge is 2.23. The Kier molecular flexibility index (Phi) is 6.88. The lowest BCUT2D eigenvalue weighted by Gasteiger charge is -2.16. The fourth-order valence-electron chi connectivity index (χ4n) is 0.923. The largest absolute Gasteiger partial charge is 0.464 e. The van der Waals surface area contributed by atoms with Crippen molar-refractivity contribution in [1.82, 2.24) is 10.2 Å². The van der Waals surface area contributed by atoms with Gasteiger partial charge in [0.25, 0.3) is 0 Å². The standard InChI is InChI=1S/C10H19N3O4/c1-4-13(3)7(14)6-12-9(15)8(11)10(16)17-5-2/h8H,4-6,11H2,1-3H3,(H,12,15). The van der Waals surface area contributed by atoms with Crippen LogP contribution < -0.4 is 11.1 Å². The summed E-state index contributed by atoms with van der Waals surface area (Å²) < 4.78 is 4.58. The Hall–Kier alpha value is -1.63. The summed E-state index contributed by atoms with van der Waals surface area (Å²) in [6, 6.07) is -1.39. The van der Waals surface area contributed by atoms with Crippen LogP contribution in [0.25, 0.3) is 0 Å². The number of carbonyl (C=O) groups excluding carboxylic acids is 3. The van der Waals surface area contributed by atoms with Crippen molar-refractivity contribution in [3.8, 4) is 0 Å². The summed E-state index contributed by atoms with van der Waals surface area (Å²) in [6.07, 6.45) is 0. The summed E-state index contributed by atoms with van der Waals surface area (Å²) in [4.78, 5) is 35.3. The molecular formula is C10H19N3O4. The van der Waals surface area contributed by atoms with Crippen LogP contribution in [0.3, 0.4) is 0 Å². The van der Waals surface area contributed by atoms with E-state index in [1.54, 1.807) is 14.0 Å². The number of nitrogens with two attached hydrogens (primary N) is 1. The minimum atomic E-state index is -1.39. The number of ether oxygens (including phenoxy) is 1. The lowest BCUT2D eigenvalue weighted by molar-refractivity contribution is -0.148. The van der Waals surface area contributed by atoms with Crippen LogP contribution >= 0.6 is 0 Å². The number of carbonyl (C=O) groups is 3. The highest BCUT2D eigenvalue weighted by atomic mass is 16.5. The van der Waals surface area contributed by atoms with Crippen LogP contribution in [-0.4, -0.2) is 55.5 Å².